The molecule has 0 saturated carbocycles. The number of nitrogens with two attached hydrogens (primary N) is 2. The number of phenols is 1. The van der Waals surface area contributed by atoms with Gasteiger partial charge in [0.1, 0.15) is 87.7 Å². The summed E-state index contributed by atoms with van der Waals surface area (Å²) in [4.78, 5) is 136. The van der Waals surface area contributed by atoms with Gasteiger partial charge in [0, 0.05) is 82.4 Å². The van der Waals surface area contributed by atoms with Crippen molar-refractivity contribution in [2.75, 3.05) is 32.7 Å². The number of nitrogens with one attached hydrogen (secondary N) is 4. The van der Waals surface area contributed by atoms with Gasteiger partial charge in [0.15, 0.2) is 6.10 Å². The molecule has 25 nitrogen and oxygen atoms in total. The number of piperazine rings is 1. The van der Waals surface area contributed by atoms with E-state index < -0.39 is 90.3 Å². The lowest BCUT2D eigenvalue weighted by Crippen LogP contribution is -2.50. The van der Waals surface area contributed by atoms with Crippen LogP contribution in [0.25, 0.3) is 43.4 Å². The molecule has 10 N–H and O–H groups in total. The number of carbonyl (C=O) groups is 7. The third kappa shape index (κ3) is 12.9. The quantitative estimate of drug-likeness (QED) is 0.0771. The molecule has 456 valence electrons. The molecule has 10 heterocycles. The molecule has 7 amide bonds. The lowest BCUT2D eigenvalue weighted by Gasteiger charge is -2.31. The molecular weight excluding hydrogens is 1260 g/mol. The second-order valence-electron chi connectivity index (χ2n) is 21.0. The van der Waals surface area contributed by atoms with E-state index in [2.05, 4.69) is 26.3 Å². The van der Waals surface area contributed by atoms with Crippen LogP contribution in [0, 0.1) is 12.8 Å². The second kappa shape index (κ2) is 25.7. The van der Waals surface area contributed by atoms with Crippen LogP contribution in [-0.2, 0) is 20.7 Å². The number of thiazole rings is 6. The highest BCUT2D eigenvalue weighted by atomic mass is 32.1. The van der Waals surface area contributed by atoms with E-state index in [0.717, 1.165) is 34.0 Å². The summed E-state index contributed by atoms with van der Waals surface area (Å²) in [6.07, 6.45) is -3.39. The molecule has 0 aliphatic carbocycles. The number of amides is 7. The van der Waals surface area contributed by atoms with Gasteiger partial charge in [0.05, 0.1) is 30.3 Å². The zero-order valence-corrected chi connectivity index (χ0v) is 51.9. The molecule has 3 aliphatic rings. The van der Waals surface area contributed by atoms with Crippen LogP contribution >= 0.6 is 68.0 Å². The Hall–Kier alpha value is -8.82. The molecule has 2 aromatic carbocycles. The van der Waals surface area contributed by atoms with E-state index in [4.69, 9.17) is 46.1 Å². The van der Waals surface area contributed by atoms with Gasteiger partial charge in [-0.2, -0.15) is 0 Å². The number of rotatable bonds is 9. The normalized spacial score (nSPS) is 20.2. The lowest BCUT2D eigenvalue weighted by molar-refractivity contribution is -0.134. The van der Waals surface area contributed by atoms with E-state index in [1.54, 1.807) is 72.3 Å². The first kappa shape index (κ1) is 60.5. The van der Waals surface area contributed by atoms with Crippen molar-refractivity contribution in [1.29, 1.82) is 0 Å². The number of aromatic nitrogens is 7. The number of aliphatic hydroxyl groups is 1. The molecule has 0 spiro atoms. The van der Waals surface area contributed by atoms with Crippen LogP contribution < -0.4 is 32.7 Å². The van der Waals surface area contributed by atoms with Crippen LogP contribution in [0.15, 0.2) is 93.6 Å². The summed E-state index contributed by atoms with van der Waals surface area (Å²) in [5.74, 6) is -4.80. The van der Waals surface area contributed by atoms with Crippen LogP contribution in [0.4, 0.5) is 4.79 Å². The molecule has 0 radical (unpaired) electrons. The Kier molecular flexibility index (Phi) is 17.5. The lowest BCUT2D eigenvalue weighted by atomic mass is 10.00. The Morgan fingerprint density at radius 3 is 2.07 bits per heavy atom. The van der Waals surface area contributed by atoms with Crippen molar-refractivity contribution in [1.82, 2.24) is 66.0 Å². The molecule has 89 heavy (non-hydrogen) atoms. The van der Waals surface area contributed by atoms with Crippen molar-refractivity contribution in [2.24, 2.45) is 17.4 Å². The Morgan fingerprint density at radius 1 is 0.674 bits per heavy atom. The minimum Gasteiger partial charge on any atom is -0.508 e. The van der Waals surface area contributed by atoms with E-state index in [-0.39, 0.29) is 51.5 Å². The van der Waals surface area contributed by atoms with Gasteiger partial charge < -0.3 is 57.5 Å². The zero-order chi connectivity index (χ0) is 62.2. The van der Waals surface area contributed by atoms with E-state index in [1.807, 2.05) is 6.92 Å². The minimum atomic E-state index is -1.29. The molecule has 31 heteroatoms. The third-order valence-electron chi connectivity index (χ3n) is 15.0. The number of primary amides is 2. The molecule has 7 aromatic heterocycles. The van der Waals surface area contributed by atoms with Crippen LogP contribution in [0.1, 0.15) is 111 Å². The fourth-order valence-electron chi connectivity index (χ4n) is 10.5. The van der Waals surface area contributed by atoms with Crippen molar-refractivity contribution in [3.63, 3.8) is 0 Å². The van der Waals surface area contributed by atoms with E-state index in [9.17, 15) is 39.0 Å². The predicted molar refractivity (Wildman–Crippen MR) is 333 cm³/mol. The molecule has 2 fully saturated rings. The summed E-state index contributed by atoms with van der Waals surface area (Å²) < 4.78 is 6.35. The van der Waals surface area contributed by atoms with Crippen LogP contribution in [-0.4, -0.2) is 141 Å². The zero-order valence-electron chi connectivity index (χ0n) is 47.0. The number of hydrogen-bond donors (Lipinski definition) is 8. The maximum atomic E-state index is 15.3. The van der Waals surface area contributed by atoms with Gasteiger partial charge in [0.25, 0.3) is 23.6 Å². The molecule has 7 atom stereocenters. The van der Waals surface area contributed by atoms with E-state index in [1.165, 1.54) is 72.1 Å². The van der Waals surface area contributed by atoms with Gasteiger partial charge in [-0.25, -0.2) is 39.7 Å². The van der Waals surface area contributed by atoms with Crippen LogP contribution in [0.5, 0.6) is 5.75 Å². The Bertz CT molecular complexity index is 4180. The highest BCUT2D eigenvalue weighted by Gasteiger charge is 2.46. The van der Waals surface area contributed by atoms with Crippen molar-refractivity contribution in [3.8, 4) is 49.1 Å². The average molecular weight is 1310 g/mol. The van der Waals surface area contributed by atoms with E-state index in [0.29, 0.717) is 90.6 Å². The summed E-state index contributed by atoms with van der Waals surface area (Å²) >= 11 is 6.88. The van der Waals surface area contributed by atoms with Crippen LogP contribution in [0.3, 0.4) is 0 Å². The third-order valence-corrected chi connectivity index (χ3v) is 20.6. The van der Waals surface area contributed by atoms with Gasteiger partial charge >= 0.3 is 6.09 Å². The van der Waals surface area contributed by atoms with Crippen molar-refractivity contribution in [3.05, 3.63) is 147 Å². The number of aryl methyl sites for hydroxylation is 1. The number of hydrogen-bond acceptors (Lipinski definition) is 24. The van der Waals surface area contributed by atoms with Gasteiger partial charge in [-0.1, -0.05) is 49.4 Å². The number of pyridine rings is 1. The Balaban J connectivity index is 0.973. The molecule has 12 rings (SSSR count). The highest BCUT2D eigenvalue weighted by molar-refractivity contribution is 7.15. The first-order valence-corrected chi connectivity index (χ1v) is 32.9. The molecule has 1 unspecified atom stereocenters. The topological polar surface area (TPSA) is 366 Å². The average Bonchev–Trinajstić information content (AvgIpc) is 1.91. The molecular formula is C58H53N15O10S6. The Labute approximate surface area is 530 Å². The fraction of sp³-hybridized carbons (Fsp3) is 0.276. The smallest absolute Gasteiger partial charge is 0.410 e. The minimum absolute atomic E-state index is 0.0110. The number of nitrogens with zero attached hydrogens (tertiary/aromatic N) is 9. The van der Waals surface area contributed by atoms with E-state index >= 15 is 4.79 Å². The highest BCUT2D eigenvalue weighted by Crippen LogP contribution is 2.43. The fourth-order valence-corrected chi connectivity index (χ4v) is 15.8. The molecule has 2 saturated heterocycles. The number of carbonyl (C=O) groups excluding carboxylic acids is 7. The van der Waals surface area contributed by atoms with Gasteiger partial charge in [0.2, 0.25) is 11.8 Å². The predicted octanol–water partition coefficient (Wildman–Crippen LogP) is 6.44. The summed E-state index contributed by atoms with van der Waals surface area (Å²) in [5, 5.41) is 43.9. The van der Waals surface area contributed by atoms with Crippen LogP contribution in [0.2, 0.25) is 0 Å². The summed E-state index contributed by atoms with van der Waals surface area (Å²) in [5.41, 5.74) is 14.3. The maximum absolute atomic E-state index is 15.3. The van der Waals surface area contributed by atoms with Gasteiger partial charge in [-0.05, 0) is 42.3 Å². The number of aliphatic hydroxyl groups excluding tert-OH is 1. The maximum Gasteiger partial charge on any atom is 0.410 e. The monoisotopic (exact) mass is 1310 g/mol. The second-order valence-corrected chi connectivity index (χ2v) is 26.6. The number of ether oxygens (including phenoxy) is 1. The molecule has 3 aliphatic heterocycles. The number of aromatic hydroxyl groups is 1. The van der Waals surface area contributed by atoms with Crippen molar-refractivity contribution < 1.29 is 48.5 Å². The molecule has 10 bridgehead atoms. The number of benzene rings is 2. The van der Waals surface area contributed by atoms with Crippen molar-refractivity contribution in [2.45, 2.75) is 63.1 Å². The molecule has 9 aromatic rings. The largest absolute Gasteiger partial charge is 0.508 e. The summed E-state index contributed by atoms with van der Waals surface area (Å²) in [6.45, 7) is 5.07. The van der Waals surface area contributed by atoms with Crippen molar-refractivity contribution >= 4 is 110 Å². The summed E-state index contributed by atoms with van der Waals surface area (Å²) in [7, 11) is 0. The number of phenolic OH excluding ortho intramolecular Hbond substituents is 1. The Morgan fingerprint density at radius 2 is 1.33 bits per heavy atom. The first-order valence-electron chi connectivity index (χ1n) is 27.7. The SMILES string of the molecule is Cc1sc2nc1C(=O)N[C@@H]([C@H](OC(=O)N1CCNCC1)c1ccccc1)c1nc(cs1)C(=O)NC(Cc1ccc(O)cc1)C(=O)N1C[C@H](O)[C@H](C)[C@H]1c1nc(cs1)-c1nc(cs1)-c1nc(-c3nc(C(N)=O)cs3)ccc1-c1nc(cs1)C(=O)N[C@H]2CC(N)=O. The summed E-state index contributed by atoms with van der Waals surface area (Å²) in [6, 6.07) is 13.9. The van der Waals surface area contributed by atoms with Gasteiger partial charge in [-0.3, -0.25) is 28.8 Å². The van der Waals surface area contributed by atoms with Gasteiger partial charge in [-0.15, -0.1) is 68.0 Å². The first-order chi connectivity index (χ1) is 42.9. The standard InChI is InChI=1S/C58H53N15O10S6/c1-26-40(75)20-73-45(26)56-69-39(25-88-56)53-65-35(21-85-53)43-31(12-13-32(62-43)52-66-36(22-86-52)47(60)77)51-67-37(23-84-51)48(78)63-33(19-41(59)76)54-71-42(27(2)89-54)50(80)70-44(46(29-6-4-3-5-7-29)83-58(82)72-16-14-61-15-17-72)55-68-38(24-87-55)49(79)64-34(57(73)81)18-28-8-10-30(74)11-9-28/h3-13,21-26,33-34,40,44-46,61,74-75H,14-20H2,1-2H3,(H2,59,76)(H2,60,77)(H,63,78)(H,64,79)(H,70,80)/t26-,33-,34?,40-,44-,45-,46+/m0/s1. The number of fused-ring (bicyclic) bond motifs is 16.